The summed E-state index contributed by atoms with van der Waals surface area (Å²) in [4.78, 5) is 26.0. The van der Waals surface area contributed by atoms with Gasteiger partial charge in [0.1, 0.15) is 6.23 Å². The van der Waals surface area contributed by atoms with Crippen LogP contribution in [0.4, 0.5) is 0 Å². The number of H-pyrrole nitrogens is 1. The third-order valence-electron chi connectivity index (χ3n) is 3.79. The van der Waals surface area contributed by atoms with Crippen LogP contribution in [-0.2, 0) is 16.1 Å². The highest BCUT2D eigenvalue weighted by atomic mass is 16.5. The monoisotopic (exact) mass is 312 g/mol. The molecule has 0 bridgehead atoms. The van der Waals surface area contributed by atoms with Gasteiger partial charge in [-0.25, -0.2) is 4.79 Å². The Balaban J connectivity index is 2.04. The van der Waals surface area contributed by atoms with Crippen molar-refractivity contribution < 1.29 is 14.6 Å². The number of aromatic nitrogens is 2. The minimum Gasteiger partial charge on any atom is -0.394 e. The SMILES string of the molecule is CCCCCOCc1cn([C@@H]2CC[C@@H](CO)O2)c(=O)[nH]c1=O. The van der Waals surface area contributed by atoms with Crippen molar-refractivity contribution in [2.75, 3.05) is 13.2 Å². The van der Waals surface area contributed by atoms with Crippen molar-refractivity contribution in [1.82, 2.24) is 9.55 Å². The molecule has 7 heteroatoms. The van der Waals surface area contributed by atoms with Gasteiger partial charge in [0.2, 0.25) is 0 Å². The lowest BCUT2D eigenvalue weighted by molar-refractivity contribution is -0.0249. The first-order chi connectivity index (χ1) is 10.7. The van der Waals surface area contributed by atoms with Crippen molar-refractivity contribution in [1.29, 1.82) is 0 Å². The summed E-state index contributed by atoms with van der Waals surface area (Å²) in [5.74, 6) is 0. The first-order valence-corrected chi connectivity index (χ1v) is 7.84. The normalized spacial score (nSPS) is 21.4. The van der Waals surface area contributed by atoms with Gasteiger partial charge in [-0.05, 0) is 19.3 Å². The van der Waals surface area contributed by atoms with E-state index in [1.54, 1.807) is 0 Å². The summed E-state index contributed by atoms with van der Waals surface area (Å²) in [6.07, 6.45) is 5.29. The molecule has 0 spiro atoms. The Kier molecular flexibility index (Phi) is 6.35. The Morgan fingerprint density at radius 3 is 2.91 bits per heavy atom. The van der Waals surface area contributed by atoms with Crippen molar-refractivity contribution in [3.63, 3.8) is 0 Å². The molecule has 7 nitrogen and oxygen atoms in total. The zero-order chi connectivity index (χ0) is 15.9. The van der Waals surface area contributed by atoms with Gasteiger partial charge in [0.25, 0.3) is 5.56 Å². The van der Waals surface area contributed by atoms with E-state index < -0.39 is 17.5 Å². The predicted molar refractivity (Wildman–Crippen MR) is 80.7 cm³/mol. The molecule has 1 aliphatic heterocycles. The van der Waals surface area contributed by atoms with Crippen LogP contribution in [0.5, 0.6) is 0 Å². The summed E-state index contributed by atoms with van der Waals surface area (Å²) < 4.78 is 12.4. The maximum Gasteiger partial charge on any atom is 0.330 e. The molecule has 0 aromatic carbocycles. The van der Waals surface area contributed by atoms with Gasteiger partial charge < -0.3 is 14.6 Å². The molecule has 1 saturated heterocycles. The second-order valence-electron chi connectivity index (χ2n) is 5.55. The lowest BCUT2D eigenvalue weighted by atomic mass is 10.2. The molecule has 22 heavy (non-hydrogen) atoms. The first-order valence-electron chi connectivity index (χ1n) is 7.84. The fourth-order valence-corrected chi connectivity index (χ4v) is 2.51. The molecule has 2 rings (SSSR count). The smallest absolute Gasteiger partial charge is 0.330 e. The number of hydrogen-bond donors (Lipinski definition) is 2. The Morgan fingerprint density at radius 2 is 2.23 bits per heavy atom. The fourth-order valence-electron chi connectivity index (χ4n) is 2.51. The molecule has 0 radical (unpaired) electrons. The maximum absolute atomic E-state index is 11.9. The van der Waals surface area contributed by atoms with Crippen molar-refractivity contribution in [3.05, 3.63) is 32.6 Å². The predicted octanol–water partition coefficient (Wildman–Crippen LogP) is 0.913. The Morgan fingerprint density at radius 1 is 1.41 bits per heavy atom. The topological polar surface area (TPSA) is 93.6 Å². The van der Waals surface area contributed by atoms with Gasteiger partial charge in [0, 0.05) is 12.8 Å². The molecule has 1 aromatic rings. The average molecular weight is 312 g/mol. The molecule has 1 aliphatic rings. The van der Waals surface area contributed by atoms with Crippen molar-refractivity contribution in [2.45, 2.75) is 58.0 Å². The van der Waals surface area contributed by atoms with E-state index in [2.05, 4.69) is 11.9 Å². The van der Waals surface area contributed by atoms with Gasteiger partial charge in [0.05, 0.1) is 24.9 Å². The standard InChI is InChI=1S/C15H24N2O5/c1-2-3-4-7-21-10-11-8-17(15(20)16-14(11)19)13-6-5-12(9-18)22-13/h8,12-13,18H,2-7,9-10H2,1H3,(H,16,19,20)/t12-,13-/m0/s1. The second kappa shape index (κ2) is 8.26. The van der Waals surface area contributed by atoms with Gasteiger partial charge >= 0.3 is 5.69 Å². The molecule has 2 heterocycles. The van der Waals surface area contributed by atoms with Crippen LogP contribution in [0, 0.1) is 0 Å². The van der Waals surface area contributed by atoms with E-state index in [1.807, 2.05) is 0 Å². The third-order valence-corrected chi connectivity index (χ3v) is 3.79. The highest BCUT2D eigenvalue weighted by Crippen LogP contribution is 2.26. The quantitative estimate of drug-likeness (QED) is 0.696. The molecular weight excluding hydrogens is 288 g/mol. The second-order valence-corrected chi connectivity index (χ2v) is 5.55. The van der Waals surface area contributed by atoms with Crippen LogP contribution in [0.15, 0.2) is 15.8 Å². The van der Waals surface area contributed by atoms with E-state index in [0.717, 1.165) is 19.3 Å². The zero-order valence-corrected chi connectivity index (χ0v) is 12.9. The molecule has 124 valence electrons. The van der Waals surface area contributed by atoms with Gasteiger partial charge in [-0.15, -0.1) is 0 Å². The number of aromatic amines is 1. The number of rotatable bonds is 8. The van der Waals surface area contributed by atoms with Crippen molar-refractivity contribution >= 4 is 0 Å². The van der Waals surface area contributed by atoms with Gasteiger partial charge in [-0.2, -0.15) is 0 Å². The summed E-state index contributed by atoms with van der Waals surface area (Å²) in [6.45, 7) is 2.82. The number of aliphatic hydroxyl groups excluding tert-OH is 1. The van der Waals surface area contributed by atoms with E-state index in [0.29, 0.717) is 25.0 Å². The molecule has 0 aliphatic carbocycles. The minimum atomic E-state index is -0.497. The van der Waals surface area contributed by atoms with E-state index in [-0.39, 0.29) is 19.3 Å². The zero-order valence-electron chi connectivity index (χ0n) is 12.9. The van der Waals surface area contributed by atoms with Crippen LogP contribution in [0.2, 0.25) is 0 Å². The molecule has 1 aromatic heterocycles. The van der Waals surface area contributed by atoms with Crippen molar-refractivity contribution in [2.24, 2.45) is 0 Å². The summed E-state index contributed by atoms with van der Waals surface area (Å²) in [5.41, 5.74) is -0.510. The number of aliphatic hydroxyl groups is 1. The summed E-state index contributed by atoms with van der Waals surface area (Å²) in [5, 5.41) is 9.10. The van der Waals surface area contributed by atoms with E-state index in [9.17, 15) is 9.59 Å². The molecular formula is C15H24N2O5. The molecule has 1 fully saturated rings. The van der Waals surface area contributed by atoms with E-state index in [1.165, 1.54) is 10.8 Å². The number of ether oxygens (including phenoxy) is 2. The summed E-state index contributed by atoms with van der Waals surface area (Å²) in [6, 6.07) is 0. The lowest BCUT2D eigenvalue weighted by Gasteiger charge is -2.15. The molecule has 2 N–H and O–H groups in total. The third kappa shape index (κ3) is 4.28. The Bertz CT molecular complexity index is 580. The van der Waals surface area contributed by atoms with Crippen LogP contribution < -0.4 is 11.2 Å². The van der Waals surface area contributed by atoms with E-state index >= 15 is 0 Å². The number of nitrogens with one attached hydrogen (secondary N) is 1. The number of nitrogens with zero attached hydrogens (tertiary/aromatic N) is 1. The van der Waals surface area contributed by atoms with Crippen LogP contribution >= 0.6 is 0 Å². The largest absolute Gasteiger partial charge is 0.394 e. The van der Waals surface area contributed by atoms with Crippen LogP contribution in [0.25, 0.3) is 0 Å². The highest BCUT2D eigenvalue weighted by Gasteiger charge is 2.27. The summed E-state index contributed by atoms with van der Waals surface area (Å²) >= 11 is 0. The highest BCUT2D eigenvalue weighted by molar-refractivity contribution is 5.03. The molecule has 0 amide bonds. The fraction of sp³-hybridized carbons (Fsp3) is 0.733. The van der Waals surface area contributed by atoms with Gasteiger partial charge in [-0.1, -0.05) is 19.8 Å². The summed E-state index contributed by atoms with van der Waals surface area (Å²) in [7, 11) is 0. The lowest BCUT2D eigenvalue weighted by Crippen LogP contribution is -2.34. The molecule has 2 atom stereocenters. The van der Waals surface area contributed by atoms with Crippen molar-refractivity contribution in [3.8, 4) is 0 Å². The van der Waals surface area contributed by atoms with Crippen LogP contribution in [0.1, 0.15) is 50.8 Å². The molecule has 0 unspecified atom stereocenters. The average Bonchev–Trinajstić information content (AvgIpc) is 2.97. The van der Waals surface area contributed by atoms with Gasteiger partial charge in [0.15, 0.2) is 0 Å². The Labute approximate surface area is 128 Å². The van der Waals surface area contributed by atoms with Crippen LogP contribution in [-0.4, -0.2) is 34.0 Å². The first kappa shape index (κ1) is 16.9. The maximum atomic E-state index is 11.9. The minimum absolute atomic E-state index is 0.0675. The van der Waals surface area contributed by atoms with E-state index in [4.69, 9.17) is 14.6 Å². The van der Waals surface area contributed by atoms with Gasteiger partial charge in [-0.3, -0.25) is 14.3 Å². The molecule has 0 saturated carbocycles. The number of unbranched alkanes of at least 4 members (excludes halogenated alkanes) is 2. The number of hydrogen-bond acceptors (Lipinski definition) is 5. The Hall–Kier alpha value is -1.44. The van der Waals surface area contributed by atoms with Crippen LogP contribution in [0.3, 0.4) is 0 Å².